The Morgan fingerprint density at radius 1 is 1.46 bits per heavy atom. The fraction of sp³-hybridized carbons (Fsp3) is 0.364. The van der Waals surface area contributed by atoms with Gasteiger partial charge in [0.05, 0.1) is 0 Å². The lowest BCUT2D eigenvalue weighted by molar-refractivity contribution is -0.141. The summed E-state index contributed by atoms with van der Waals surface area (Å²) in [6.07, 6.45) is 12.0. The van der Waals surface area contributed by atoms with Crippen LogP contribution in [0.1, 0.15) is 19.3 Å². The molecule has 1 rings (SSSR count). The molecule has 1 unspecified atom stereocenters. The topological polar surface area (TPSA) is 26.3 Å². The molecule has 2 heteroatoms. The van der Waals surface area contributed by atoms with E-state index in [2.05, 4.69) is 18.7 Å². The number of rotatable bonds is 2. The van der Waals surface area contributed by atoms with Crippen molar-refractivity contribution in [1.29, 1.82) is 0 Å². The van der Waals surface area contributed by atoms with Crippen molar-refractivity contribution in [3.8, 4) is 0 Å². The molecule has 1 aliphatic carbocycles. The van der Waals surface area contributed by atoms with E-state index < -0.39 is 0 Å². The van der Waals surface area contributed by atoms with Crippen LogP contribution in [0.5, 0.6) is 0 Å². The predicted molar refractivity (Wildman–Crippen MR) is 52.2 cm³/mol. The molecule has 0 bridgehead atoms. The monoisotopic (exact) mass is 178 g/mol. The third kappa shape index (κ3) is 3.74. The van der Waals surface area contributed by atoms with Gasteiger partial charge in [0.1, 0.15) is 6.10 Å². The van der Waals surface area contributed by atoms with Crippen LogP contribution in [-0.4, -0.2) is 12.1 Å². The summed E-state index contributed by atoms with van der Waals surface area (Å²) < 4.78 is 5.10. The second-order valence-electron chi connectivity index (χ2n) is 2.89. The van der Waals surface area contributed by atoms with Gasteiger partial charge in [0, 0.05) is 6.08 Å². The van der Waals surface area contributed by atoms with Gasteiger partial charge in [-0.15, -0.1) is 0 Å². The van der Waals surface area contributed by atoms with E-state index in [9.17, 15) is 4.79 Å². The van der Waals surface area contributed by atoms with Gasteiger partial charge >= 0.3 is 5.97 Å². The van der Waals surface area contributed by atoms with Crippen LogP contribution in [0.25, 0.3) is 0 Å². The molecule has 13 heavy (non-hydrogen) atoms. The second kappa shape index (κ2) is 5.36. The first-order valence-electron chi connectivity index (χ1n) is 4.47. The van der Waals surface area contributed by atoms with E-state index in [-0.39, 0.29) is 12.1 Å². The van der Waals surface area contributed by atoms with Gasteiger partial charge in [-0.1, -0.05) is 24.8 Å². The van der Waals surface area contributed by atoms with Crippen LogP contribution in [0.15, 0.2) is 37.0 Å². The Hall–Kier alpha value is -1.31. The highest BCUT2D eigenvalue weighted by molar-refractivity contribution is 5.81. The first-order valence-corrected chi connectivity index (χ1v) is 4.47. The molecule has 0 spiro atoms. The Balaban J connectivity index is 2.44. The van der Waals surface area contributed by atoms with Crippen molar-refractivity contribution in [2.45, 2.75) is 25.4 Å². The molecule has 2 nitrogen and oxygen atoms in total. The molecule has 0 N–H and O–H groups in total. The van der Waals surface area contributed by atoms with Gasteiger partial charge in [-0.2, -0.15) is 0 Å². The average molecular weight is 178 g/mol. The number of esters is 1. The molecule has 1 atom stereocenters. The van der Waals surface area contributed by atoms with Crippen molar-refractivity contribution in [1.82, 2.24) is 0 Å². The van der Waals surface area contributed by atoms with Crippen LogP contribution < -0.4 is 0 Å². The minimum Gasteiger partial charge on any atom is -0.455 e. The van der Waals surface area contributed by atoms with Crippen molar-refractivity contribution in [2.24, 2.45) is 0 Å². The number of carbonyl (C=O) groups excluding carboxylic acids is 1. The maximum Gasteiger partial charge on any atom is 0.330 e. The number of hydrogen-bond donors (Lipinski definition) is 0. The van der Waals surface area contributed by atoms with Crippen molar-refractivity contribution in [3.05, 3.63) is 37.0 Å². The Kier molecular flexibility index (Phi) is 4.03. The average Bonchev–Trinajstić information content (AvgIpc) is 2.09. The summed E-state index contributed by atoms with van der Waals surface area (Å²) in [6, 6.07) is 0. The minimum absolute atomic E-state index is 0.0875. The molecule has 0 saturated carbocycles. The van der Waals surface area contributed by atoms with Crippen molar-refractivity contribution in [3.63, 3.8) is 0 Å². The lowest BCUT2D eigenvalue weighted by Gasteiger charge is -2.12. The molecule has 0 amide bonds. The van der Waals surface area contributed by atoms with Crippen LogP contribution in [0.2, 0.25) is 0 Å². The molecule has 0 aromatic heterocycles. The highest BCUT2D eigenvalue weighted by Gasteiger charge is 2.08. The van der Waals surface area contributed by atoms with E-state index in [4.69, 9.17) is 4.74 Å². The molecule has 0 fully saturated rings. The molecule has 0 aromatic carbocycles. The molecule has 0 radical (unpaired) electrons. The molecule has 1 aliphatic rings. The summed E-state index contributed by atoms with van der Waals surface area (Å²) in [5, 5.41) is 0. The first kappa shape index (κ1) is 9.78. The quantitative estimate of drug-likeness (QED) is 0.368. The summed E-state index contributed by atoms with van der Waals surface area (Å²) in [5.41, 5.74) is 0. The normalized spacial score (nSPS) is 26.6. The molecule has 70 valence electrons. The largest absolute Gasteiger partial charge is 0.455 e. The highest BCUT2D eigenvalue weighted by atomic mass is 16.5. The Bertz CT molecular complexity index is 238. The lowest BCUT2D eigenvalue weighted by atomic mass is 10.1. The predicted octanol–water partition coefficient (Wildman–Crippen LogP) is 2.38. The molecule has 0 heterocycles. The minimum atomic E-state index is -0.348. The maximum absolute atomic E-state index is 10.9. The van der Waals surface area contributed by atoms with E-state index >= 15 is 0 Å². The van der Waals surface area contributed by atoms with Gasteiger partial charge in [-0.05, 0) is 25.3 Å². The highest BCUT2D eigenvalue weighted by Crippen LogP contribution is 2.09. The third-order valence-corrected chi connectivity index (χ3v) is 1.84. The van der Waals surface area contributed by atoms with Gasteiger partial charge in [0.15, 0.2) is 0 Å². The molecule has 0 aromatic rings. The van der Waals surface area contributed by atoms with Gasteiger partial charge < -0.3 is 4.74 Å². The zero-order valence-corrected chi connectivity index (χ0v) is 7.61. The number of hydrogen-bond acceptors (Lipinski definition) is 2. The number of ether oxygens (including phenoxy) is 1. The summed E-state index contributed by atoms with van der Waals surface area (Å²) in [6.45, 7) is 3.36. The number of allylic oxidation sites excluding steroid dienone is 3. The smallest absolute Gasteiger partial charge is 0.330 e. The van der Waals surface area contributed by atoms with E-state index in [1.54, 1.807) is 0 Å². The Morgan fingerprint density at radius 2 is 2.31 bits per heavy atom. The summed E-state index contributed by atoms with van der Waals surface area (Å²) in [5.74, 6) is -0.348. The van der Waals surface area contributed by atoms with Gasteiger partial charge in [0.25, 0.3) is 0 Å². The molecule has 0 aliphatic heterocycles. The van der Waals surface area contributed by atoms with E-state index in [1.807, 2.05) is 12.2 Å². The zero-order chi connectivity index (χ0) is 9.52. The SMILES string of the molecule is C=CC(=O)OC1/C=C\C/C=C\CC1. The van der Waals surface area contributed by atoms with E-state index in [1.165, 1.54) is 6.08 Å². The van der Waals surface area contributed by atoms with Gasteiger partial charge in [0.2, 0.25) is 0 Å². The maximum atomic E-state index is 10.9. The van der Waals surface area contributed by atoms with Crippen LogP contribution in [-0.2, 0) is 9.53 Å². The van der Waals surface area contributed by atoms with Crippen molar-refractivity contribution >= 4 is 5.97 Å². The van der Waals surface area contributed by atoms with Crippen LogP contribution in [0.3, 0.4) is 0 Å². The van der Waals surface area contributed by atoms with Crippen LogP contribution in [0.4, 0.5) is 0 Å². The first-order chi connectivity index (χ1) is 6.33. The summed E-state index contributed by atoms with van der Waals surface area (Å²) >= 11 is 0. The van der Waals surface area contributed by atoms with E-state index in [0.717, 1.165) is 19.3 Å². The van der Waals surface area contributed by atoms with E-state index in [0.29, 0.717) is 0 Å². The zero-order valence-electron chi connectivity index (χ0n) is 7.61. The summed E-state index contributed by atoms with van der Waals surface area (Å²) in [4.78, 5) is 10.9. The fourth-order valence-corrected chi connectivity index (χ4v) is 1.18. The molecular formula is C11H14O2. The number of carbonyl (C=O) groups is 1. The Morgan fingerprint density at radius 3 is 3.08 bits per heavy atom. The van der Waals surface area contributed by atoms with Crippen molar-refractivity contribution < 1.29 is 9.53 Å². The van der Waals surface area contributed by atoms with Gasteiger partial charge in [-0.25, -0.2) is 4.79 Å². The lowest BCUT2D eigenvalue weighted by Crippen LogP contribution is -2.14. The summed E-state index contributed by atoms with van der Waals surface area (Å²) in [7, 11) is 0. The standard InChI is InChI=1S/C11H14O2/c1-2-11(12)13-10-8-6-4-3-5-7-9-10/h2-4,7,9-10H,1,5-6,8H2/b4-3-,9-7-. The third-order valence-electron chi connectivity index (χ3n) is 1.84. The van der Waals surface area contributed by atoms with Crippen LogP contribution in [0, 0.1) is 0 Å². The second-order valence-corrected chi connectivity index (χ2v) is 2.89. The fourth-order valence-electron chi connectivity index (χ4n) is 1.18. The molecular weight excluding hydrogens is 164 g/mol. The van der Waals surface area contributed by atoms with Crippen molar-refractivity contribution in [2.75, 3.05) is 0 Å². The van der Waals surface area contributed by atoms with Crippen LogP contribution >= 0.6 is 0 Å². The van der Waals surface area contributed by atoms with Gasteiger partial charge in [-0.3, -0.25) is 0 Å². The molecule has 0 saturated heterocycles. The Labute approximate surface area is 78.6 Å².